The summed E-state index contributed by atoms with van der Waals surface area (Å²) in [5, 5.41) is 14.2. The van der Waals surface area contributed by atoms with Crippen LogP contribution in [0.3, 0.4) is 0 Å². The van der Waals surface area contributed by atoms with Crippen LogP contribution in [0.2, 0.25) is 0 Å². The lowest BCUT2D eigenvalue weighted by Crippen LogP contribution is -2.36. The van der Waals surface area contributed by atoms with E-state index in [-0.39, 0.29) is 11.7 Å². The van der Waals surface area contributed by atoms with Crippen molar-refractivity contribution in [2.75, 3.05) is 6.54 Å². The summed E-state index contributed by atoms with van der Waals surface area (Å²) in [7, 11) is 0. The molecule has 1 heterocycles. The predicted molar refractivity (Wildman–Crippen MR) is 79.5 cm³/mol. The Bertz CT molecular complexity index is 640. The third kappa shape index (κ3) is 4.09. The second kappa shape index (κ2) is 7.11. The fraction of sp³-hybridized carbons (Fsp3) is 0.467. The van der Waals surface area contributed by atoms with Crippen LogP contribution in [0.1, 0.15) is 31.3 Å². The van der Waals surface area contributed by atoms with Crippen molar-refractivity contribution in [1.29, 1.82) is 0 Å². The smallest absolute Gasteiger partial charge is 0.245 e. The van der Waals surface area contributed by atoms with Gasteiger partial charge in [-0.2, -0.15) is 0 Å². The van der Waals surface area contributed by atoms with Gasteiger partial charge in [-0.1, -0.05) is 26.0 Å². The SMILES string of the molecule is Cc1nnnn1[C@H](Cc1cccc(F)c1)C(=O)NCC(C)C. The molecule has 1 atom stereocenters. The number of carbonyl (C=O) groups is 1. The highest BCUT2D eigenvalue weighted by Crippen LogP contribution is 2.16. The normalized spacial score (nSPS) is 12.4. The van der Waals surface area contributed by atoms with E-state index in [1.54, 1.807) is 19.1 Å². The van der Waals surface area contributed by atoms with Crippen molar-refractivity contribution < 1.29 is 9.18 Å². The van der Waals surface area contributed by atoms with E-state index in [9.17, 15) is 9.18 Å². The molecule has 0 spiro atoms. The number of tetrazole rings is 1. The van der Waals surface area contributed by atoms with Gasteiger partial charge in [0.2, 0.25) is 5.91 Å². The molecule has 2 rings (SSSR count). The molecule has 0 unspecified atom stereocenters. The standard InChI is InChI=1S/C15H20FN5O/c1-10(2)9-17-15(22)14(21-11(3)18-19-20-21)8-12-5-4-6-13(16)7-12/h4-7,10,14H,8-9H2,1-3H3,(H,17,22)/t14-/m1/s1. The van der Waals surface area contributed by atoms with Crippen LogP contribution in [0.25, 0.3) is 0 Å². The Balaban J connectivity index is 2.22. The molecule has 1 aromatic carbocycles. The first kappa shape index (κ1) is 16.1. The third-order valence-electron chi connectivity index (χ3n) is 3.26. The molecule has 0 aliphatic rings. The van der Waals surface area contributed by atoms with Crippen LogP contribution >= 0.6 is 0 Å². The number of amides is 1. The van der Waals surface area contributed by atoms with Crippen LogP contribution in [0.15, 0.2) is 24.3 Å². The molecule has 118 valence electrons. The largest absolute Gasteiger partial charge is 0.354 e. The van der Waals surface area contributed by atoms with E-state index < -0.39 is 6.04 Å². The van der Waals surface area contributed by atoms with Crippen LogP contribution in [0, 0.1) is 18.7 Å². The third-order valence-corrected chi connectivity index (χ3v) is 3.26. The van der Waals surface area contributed by atoms with Gasteiger partial charge in [-0.15, -0.1) is 5.10 Å². The van der Waals surface area contributed by atoms with E-state index in [0.29, 0.717) is 24.7 Å². The zero-order chi connectivity index (χ0) is 16.1. The minimum atomic E-state index is -0.601. The van der Waals surface area contributed by atoms with Gasteiger partial charge in [0.15, 0.2) is 0 Å². The molecule has 0 fully saturated rings. The van der Waals surface area contributed by atoms with E-state index in [2.05, 4.69) is 20.8 Å². The zero-order valence-corrected chi connectivity index (χ0v) is 13.0. The monoisotopic (exact) mass is 305 g/mol. The van der Waals surface area contributed by atoms with E-state index in [1.807, 2.05) is 13.8 Å². The number of hydrogen-bond acceptors (Lipinski definition) is 4. The van der Waals surface area contributed by atoms with E-state index in [4.69, 9.17) is 0 Å². The molecule has 0 bridgehead atoms. The maximum Gasteiger partial charge on any atom is 0.245 e. The Labute approximate surface area is 128 Å². The lowest BCUT2D eigenvalue weighted by atomic mass is 10.0. The second-order valence-corrected chi connectivity index (χ2v) is 5.66. The highest BCUT2D eigenvalue weighted by Gasteiger charge is 2.24. The maximum atomic E-state index is 13.3. The topological polar surface area (TPSA) is 72.7 Å². The summed E-state index contributed by atoms with van der Waals surface area (Å²) in [6, 6.07) is 5.60. The Kier molecular flexibility index (Phi) is 5.19. The molecule has 0 aliphatic carbocycles. The van der Waals surface area contributed by atoms with Gasteiger partial charge in [-0.25, -0.2) is 9.07 Å². The van der Waals surface area contributed by atoms with Gasteiger partial charge in [0.25, 0.3) is 0 Å². The van der Waals surface area contributed by atoms with Crippen molar-refractivity contribution in [3.63, 3.8) is 0 Å². The number of halogens is 1. The Morgan fingerprint density at radius 1 is 1.41 bits per heavy atom. The van der Waals surface area contributed by atoms with Gasteiger partial charge in [0.1, 0.15) is 17.7 Å². The Hall–Kier alpha value is -2.31. The fourth-order valence-corrected chi connectivity index (χ4v) is 2.13. The van der Waals surface area contributed by atoms with E-state index in [1.165, 1.54) is 16.8 Å². The highest BCUT2D eigenvalue weighted by atomic mass is 19.1. The lowest BCUT2D eigenvalue weighted by molar-refractivity contribution is -0.124. The Morgan fingerprint density at radius 2 is 2.18 bits per heavy atom. The molecule has 1 aromatic heterocycles. The summed E-state index contributed by atoms with van der Waals surface area (Å²) in [4.78, 5) is 12.5. The average molecular weight is 305 g/mol. The number of nitrogens with one attached hydrogen (secondary N) is 1. The predicted octanol–water partition coefficient (Wildman–Crippen LogP) is 1.68. The van der Waals surface area contributed by atoms with Crippen molar-refractivity contribution >= 4 is 5.91 Å². The molecule has 2 aromatic rings. The summed E-state index contributed by atoms with van der Waals surface area (Å²) in [5.74, 6) is 0.385. The van der Waals surface area contributed by atoms with Crippen molar-refractivity contribution in [3.8, 4) is 0 Å². The van der Waals surface area contributed by atoms with Crippen LogP contribution < -0.4 is 5.32 Å². The molecule has 1 N–H and O–H groups in total. The molecule has 0 saturated carbocycles. The number of aromatic nitrogens is 4. The van der Waals surface area contributed by atoms with Crippen LogP contribution in [0.5, 0.6) is 0 Å². The first-order valence-electron chi connectivity index (χ1n) is 7.24. The van der Waals surface area contributed by atoms with E-state index in [0.717, 1.165) is 5.56 Å². The molecular weight excluding hydrogens is 285 g/mol. The van der Waals surface area contributed by atoms with Crippen molar-refractivity contribution in [3.05, 3.63) is 41.5 Å². The van der Waals surface area contributed by atoms with Crippen molar-refractivity contribution in [1.82, 2.24) is 25.5 Å². The number of rotatable bonds is 6. The van der Waals surface area contributed by atoms with Gasteiger partial charge in [0.05, 0.1) is 0 Å². The summed E-state index contributed by atoms with van der Waals surface area (Å²) in [6.07, 6.45) is 0.327. The lowest BCUT2D eigenvalue weighted by Gasteiger charge is -2.18. The Morgan fingerprint density at radius 3 is 2.77 bits per heavy atom. The molecule has 0 aliphatic heterocycles. The van der Waals surface area contributed by atoms with Gasteiger partial charge in [-0.05, 0) is 41.0 Å². The minimum Gasteiger partial charge on any atom is -0.354 e. The summed E-state index contributed by atoms with van der Waals surface area (Å²) in [6.45, 7) is 6.34. The number of benzene rings is 1. The van der Waals surface area contributed by atoms with E-state index >= 15 is 0 Å². The van der Waals surface area contributed by atoms with Crippen molar-refractivity contribution in [2.24, 2.45) is 5.92 Å². The average Bonchev–Trinajstić information content (AvgIpc) is 2.88. The van der Waals surface area contributed by atoms with Crippen LogP contribution in [-0.2, 0) is 11.2 Å². The number of hydrogen-bond donors (Lipinski definition) is 1. The van der Waals surface area contributed by atoms with Gasteiger partial charge in [-0.3, -0.25) is 4.79 Å². The molecular formula is C15H20FN5O. The highest BCUT2D eigenvalue weighted by molar-refractivity contribution is 5.80. The number of nitrogens with zero attached hydrogens (tertiary/aromatic N) is 4. The summed E-state index contributed by atoms with van der Waals surface area (Å²) in [5.41, 5.74) is 0.722. The van der Waals surface area contributed by atoms with Crippen LogP contribution in [0.4, 0.5) is 4.39 Å². The fourth-order valence-electron chi connectivity index (χ4n) is 2.13. The van der Waals surface area contributed by atoms with Crippen LogP contribution in [-0.4, -0.2) is 32.7 Å². The minimum absolute atomic E-state index is 0.173. The molecule has 0 saturated heterocycles. The molecule has 0 radical (unpaired) electrons. The van der Waals surface area contributed by atoms with Gasteiger partial charge < -0.3 is 5.32 Å². The molecule has 7 heteroatoms. The van der Waals surface area contributed by atoms with Gasteiger partial charge in [0, 0.05) is 13.0 Å². The quantitative estimate of drug-likeness (QED) is 0.881. The summed E-state index contributed by atoms with van der Waals surface area (Å²) >= 11 is 0. The molecule has 22 heavy (non-hydrogen) atoms. The molecule has 6 nitrogen and oxygen atoms in total. The first-order valence-corrected chi connectivity index (χ1v) is 7.24. The molecule has 1 amide bonds. The zero-order valence-electron chi connectivity index (χ0n) is 13.0. The maximum absolute atomic E-state index is 13.3. The van der Waals surface area contributed by atoms with Gasteiger partial charge >= 0.3 is 0 Å². The second-order valence-electron chi connectivity index (χ2n) is 5.66. The number of aryl methyl sites for hydroxylation is 1. The number of carbonyl (C=O) groups excluding carboxylic acids is 1. The van der Waals surface area contributed by atoms with Crippen molar-refractivity contribution in [2.45, 2.75) is 33.2 Å². The first-order chi connectivity index (χ1) is 10.5. The summed E-state index contributed by atoms with van der Waals surface area (Å²) < 4.78 is 14.8.